The summed E-state index contributed by atoms with van der Waals surface area (Å²) in [4.78, 5) is 4.28. The first-order chi connectivity index (χ1) is 10.3. The van der Waals surface area contributed by atoms with Gasteiger partial charge in [-0.2, -0.15) is 0 Å². The zero-order valence-corrected chi connectivity index (χ0v) is 13.1. The average Bonchev–Trinajstić information content (AvgIpc) is 2.86. The molecule has 2 aromatic rings. The highest BCUT2D eigenvalue weighted by molar-refractivity contribution is 5.23. The molecule has 1 aromatic carbocycles. The molecule has 2 N–H and O–H groups in total. The van der Waals surface area contributed by atoms with E-state index in [4.69, 9.17) is 5.73 Å². The summed E-state index contributed by atoms with van der Waals surface area (Å²) in [6, 6.07) is 10.6. The summed E-state index contributed by atoms with van der Waals surface area (Å²) in [5, 5.41) is 0. The van der Waals surface area contributed by atoms with Crippen LogP contribution in [-0.4, -0.2) is 9.55 Å². The lowest BCUT2D eigenvalue weighted by molar-refractivity contribution is 0.598. The molecule has 0 aliphatic rings. The predicted molar refractivity (Wildman–Crippen MR) is 89.2 cm³/mol. The van der Waals surface area contributed by atoms with Crippen molar-refractivity contribution in [1.82, 2.24) is 9.55 Å². The molecule has 0 unspecified atom stereocenters. The Morgan fingerprint density at radius 3 is 2.57 bits per heavy atom. The van der Waals surface area contributed by atoms with E-state index in [-0.39, 0.29) is 0 Å². The quantitative estimate of drug-likeness (QED) is 0.701. The van der Waals surface area contributed by atoms with Crippen LogP contribution >= 0.6 is 0 Å². The molecule has 0 saturated carbocycles. The van der Waals surface area contributed by atoms with E-state index in [0.717, 1.165) is 25.8 Å². The van der Waals surface area contributed by atoms with Crippen molar-refractivity contribution in [1.29, 1.82) is 0 Å². The van der Waals surface area contributed by atoms with Gasteiger partial charge in [0.1, 0.15) is 0 Å². The summed E-state index contributed by atoms with van der Waals surface area (Å²) in [6.45, 7) is 3.20. The number of rotatable bonds is 9. The van der Waals surface area contributed by atoms with Gasteiger partial charge in [0.05, 0.1) is 6.20 Å². The third-order valence-electron chi connectivity index (χ3n) is 3.95. The van der Waals surface area contributed by atoms with Crippen LogP contribution in [0, 0.1) is 0 Å². The molecule has 21 heavy (non-hydrogen) atoms. The molecular formula is C18H27N3. The Balaban J connectivity index is 1.83. The van der Waals surface area contributed by atoms with E-state index < -0.39 is 0 Å². The first kappa shape index (κ1) is 15.6. The minimum absolute atomic E-state index is 0.661. The molecule has 0 spiro atoms. The van der Waals surface area contributed by atoms with Gasteiger partial charge in [-0.3, -0.25) is 0 Å². The van der Waals surface area contributed by atoms with Crippen LogP contribution in [0.4, 0.5) is 5.95 Å². The second-order valence-corrected chi connectivity index (χ2v) is 5.66. The smallest absolute Gasteiger partial charge is 0.200 e. The van der Waals surface area contributed by atoms with Gasteiger partial charge >= 0.3 is 0 Å². The van der Waals surface area contributed by atoms with E-state index in [9.17, 15) is 0 Å². The third-order valence-corrected chi connectivity index (χ3v) is 3.95. The number of nitrogen functional groups attached to an aromatic ring is 1. The van der Waals surface area contributed by atoms with Gasteiger partial charge in [0.2, 0.25) is 0 Å². The Morgan fingerprint density at radius 1 is 1.00 bits per heavy atom. The standard InChI is InChI=1S/C18H27N3/c1-2-3-4-8-13-17-15-20-18(19)21(17)14-9-12-16-10-6-5-7-11-16/h5-7,10-11,15H,2-4,8-9,12-14H2,1H3,(H2,19,20). The molecule has 0 saturated heterocycles. The van der Waals surface area contributed by atoms with Crippen LogP contribution in [0.15, 0.2) is 36.5 Å². The number of benzene rings is 1. The number of aromatic nitrogens is 2. The Bertz CT molecular complexity index is 517. The first-order valence-electron chi connectivity index (χ1n) is 8.15. The zero-order valence-electron chi connectivity index (χ0n) is 13.1. The number of anilines is 1. The molecule has 3 heteroatoms. The third kappa shape index (κ3) is 4.92. The highest BCUT2D eigenvalue weighted by atomic mass is 15.1. The maximum atomic E-state index is 6.00. The van der Waals surface area contributed by atoms with Crippen LogP contribution < -0.4 is 5.73 Å². The maximum absolute atomic E-state index is 6.00. The van der Waals surface area contributed by atoms with Crippen LogP contribution in [-0.2, 0) is 19.4 Å². The molecule has 114 valence electrons. The van der Waals surface area contributed by atoms with Gasteiger partial charge < -0.3 is 10.3 Å². The first-order valence-corrected chi connectivity index (χ1v) is 8.15. The number of nitrogens with zero attached hydrogens (tertiary/aromatic N) is 2. The lowest BCUT2D eigenvalue weighted by Crippen LogP contribution is -2.08. The fraction of sp³-hybridized carbons (Fsp3) is 0.500. The number of nitrogens with two attached hydrogens (primary N) is 1. The van der Waals surface area contributed by atoms with Crippen molar-refractivity contribution in [2.75, 3.05) is 5.73 Å². The van der Waals surface area contributed by atoms with Crippen molar-refractivity contribution in [2.24, 2.45) is 0 Å². The average molecular weight is 285 g/mol. The Kier molecular flexibility index (Phi) is 6.32. The number of imidazole rings is 1. The fourth-order valence-corrected chi connectivity index (χ4v) is 2.70. The lowest BCUT2D eigenvalue weighted by atomic mass is 10.1. The second-order valence-electron chi connectivity index (χ2n) is 5.66. The van der Waals surface area contributed by atoms with Gasteiger partial charge in [0, 0.05) is 12.2 Å². The van der Waals surface area contributed by atoms with Crippen molar-refractivity contribution < 1.29 is 0 Å². The highest BCUT2D eigenvalue weighted by Gasteiger charge is 2.07. The molecule has 0 atom stereocenters. The zero-order chi connectivity index (χ0) is 14.9. The largest absolute Gasteiger partial charge is 0.369 e. The molecule has 0 radical (unpaired) electrons. The normalized spacial score (nSPS) is 10.9. The Labute approximate surface area is 128 Å². The Morgan fingerprint density at radius 2 is 1.81 bits per heavy atom. The number of hydrogen-bond acceptors (Lipinski definition) is 2. The van der Waals surface area contributed by atoms with Gasteiger partial charge in [-0.25, -0.2) is 4.98 Å². The number of hydrogen-bond donors (Lipinski definition) is 1. The SMILES string of the molecule is CCCCCCc1cnc(N)n1CCCc1ccccc1. The van der Waals surface area contributed by atoms with Crippen molar-refractivity contribution >= 4 is 5.95 Å². The van der Waals surface area contributed by atoms with E-state index >= 15 is 0 Å². The van der Waals surface area contributed by atoms with E-state index in [2.05, 4.69) is 46.8 Å². The fourth-order valence-electron chi connectivity index (χ4n) is 2.70. The van der Waals surface area contributed by atoms with Gasteiger partial charge in [-0.1, -0.05) is 56.5 Å². The molecule has 0 aliphatic carbocycles. The van der Waals surface area contributed by atoms with E-state index in [1.807, 2.05) is 6.20 Å². The van der Waals surface area contributed by atoms with Gasteiger partial charge in [-0.05, 0) is 31.2 Å². The van der Waals surface area contributed by atoms with Gasteiger partial charge in [0.25, 0.3) is 0 Å². The Hall–Kier alpha value is -1.77. The predicted octanol–water partition coefficient (Wildman–Crippen LogP) is 4.22. The van der Waals surface area contributed by atoms with Gasteiger partial charge in [0.15, 0.2) is 5.95 Å². The van der Waals surface area contributed by atoms with Crippen molar-refractivity contribution in [3.05, 3.63) is 47.8 Å². The highest BCUT2D eigenvalue weighted by Crippen LogP contribution is 2.14. The summed E-state index contributed by atoms with van der Waals surface area (Å²) in [5.74, 6) is 0.661. The van der Waals surface area contributed by atoms with Crippen LogP contribution in [0.1, 0.15) is 50.3 Å². The minimum Gasteiger partial charge on any atom is -0.369 e. The molecule has 0 fully saturated rings. The van der Waals surface area contributed by atoms with E-state index in [0.29, 0.717) is 5.95 Å². The van der Waals surface area contributed by atoms with Gasteiger partial charge in [-0.15, -0.1) is 0 Å². The number of aryl methyl sites for hydroxylation is 2. The molecule has 1 aromatic heterocycles. The molecule has 3 nitrogen and oxygen atoms in total. The van der Waals surface area contributed by atoms with E-state index in [1.54, 1.807) is 0 Å². The van der Waals surface area contributed by atoms with E-state index in [1.165, 1.54) is 36.9 Å². The monoisotopic (exact) mass is 285 g/mol. The second kappa shape index (κ2) is 8.50. The number of unbranched alkanes of at least 4 members (excludes halogenated alkanes) is 3. The molecule has 0 aliphatic heterocycles. The summed E-state index contributed by atoms with van der Waals surface area (Å²) in [5.41, 5.74) is 8.68. The summed E-state index contributed by atoms with van der Waals surface area (Å²) in [6.07, 6.45) is 10.4. The summed E-state index contributed by atoms with van der Waals surface area (Å²) in [7, 11) is 0. The summed E-state index contributed by atoms with van der Waals surface area (Å²) >= 11 is 0. The minimum atomic E-state index is 0.661. The lowest BCUT2D eigenvalue weighted by Gasteiger charge is -2.10. The molecular weight excluding hydrogens is 258 g/mol. The van der Waals surface area contributed by atoms with Crippen molar-refractivity contribution in [3.8, 4) is 0 Å². The maximum Gasteiger partial charge on any atom is 0.200 e. The van der Waals surface area contributed by atoms with Crippen molar-refractivity contribution in [2.45, 2.75) is 58.4 Å². The van der Waals surface area contributed by atoms with Crippen LogP contribution in [0.2, 0.25) is 0 Å². The molecule has 1 heterocycles. The van der Waals surface area contributed by atoms with Crippen LogP contribution in [0.5, 0.6) is 0 Å². The molecule has 2 rings (SSSR count). The molecule has 0 amide bonds. The summed E-state index contributed by atoms with van der Waals surface area (Å²) < 4.78 is 2.19. The van der Waals surface area contributed by atoms with Crippen molar-refractivity contribution in [3.63, 3.8) is 0 Å². The molecule has 0 bridgehead atoms. The van der Waals surface area contributed by atoms with Crippen LogP contribution in [0.25, 0.3) is 0 Å². The topological polar surface area (TPSA) is 43.8 Å². The van der Waals surface area contributed by atoms with Crippen LogP contribution in [0.3, 0.4) is 0 Å².